The molecule has 1 aliphatic heterocycles. The zero-order valence-corrected chi connectivity index (χ0v) is 19.8. The number of carbonyl (C=O) groups is 2. The van der Waals surface area contributed by atoms with E-state index in [-0.39, 0.29) is 23.7 Å². The number of rotatable bonds is 4. The van der Waals surface area contributed by atoms with E-state index in [0.29, 0.717) is 17.0 Å². The smallest absolute Gasteiger partial charge is 0.262 e. The third-order valence-electron chi connectivity index (χ3n) is 6.27. The minimum Gasteiger partial charge on any atom is -0.482 e. The quantitative estimate of drug-likeness (QED) is 0.398. The molecule has 0 saturated heterocycles. The fourth-order valence-electron chi connectivity index (χ4n) is 4.35. The molecule has 2 heterocycles. The molecule has 0 fully saturated rings. The largest absolute Gasteiger partial charge is 0.482 e. The first-order valence-corrected chi connectivity index (χ1v) is 11.4. The molecule has 0 bridgehead atoms. The third kappa shape index (κ3) is 3.85. The van der Waals surface area contributed by atoms with Gasteiger partial charge in [-0.3, -0.25) is 9.59 Å². The molecule has 1 unspecified atom stereocenters. The number of imidazole rings is 1. The van der Waals surface area contributed by atoms with Gasteiger partial charge in [0.15, 0.2) is 12.4 Å². The van der Waals surface area contributed by atoms with Crippen LogP contribution in [-0.2, 0) is 10.2 Å². The van der Waals surface area contributed by atoms with Crippen LogP contribution in [0, 0.1) is 0 Å². The van der Waals surface area contributed by atoms with Gasteiger partial charge in [-0.05, 0) is 48.2 Å². The second kappa shape index (κ2) is 8.13. The van der Waals surface area contributed by atoms with Crippen molar-refractivity contribution < 1.29 is 14.3 Å². The molecule has 172 valence electrons. The van der Waals surface area contributed by atoms with E-state index in [1.165, 1.54) is 5.56 Å². The molecule has 34 heavy (non-hydrogen) atoms. The van der Waals surface area contributed by atoms with Crippen LogP contribution in [0.1, 0.15) is 49.7 Å². The van der Waals surface area contributed by atoms with Crippen molar-refractivity contribution in [1.82, 2.24) is 9.55 Å². The molecular weight excluding hydrogens is 426 g/mol. The zero-order valence-electron chi connectivity index (χ0n) is 19.8. The van der Waals surface area contributed by atoms with Crippen LogP contribution in [-0.4, -0.2) is 27.8 Å². The third-order valence-corrected chi connectivity index (χ3v) is 6.27. The number of carbonyl (C=O) groups excluding carboxylic acids is 2. The molecule has 1 N–H and O–H groups in total. The van der Waals surface area contributed by atoms with Crippen LogP contribution in [0.15, 0.2) is 66.7 Å². The SMILES string of the molecule is CC(C(=O)c1ccc2c(c1)NC(=O)CO2)n1c(-c2ccc(C(C)(C)C)cc2)nc2ccccc21. The van der Waals surface area contributed by atoms with Crippen LogP contribution >= 0.6 is 0 Å². The van der Waals surface area contributed by atoms with Crippen molar-refractivity contribution in [3.8, 4) is 17.1 Å². The number of ketones is 1. The monoisotopic (exact) mass is 453 g/mol. The lowest BCUT2D eigenvalue weighted by Gasteiger charge is -2.21. The van der Waals surface area contributed by atoms with E-state index in [1.807, 2.05) is 35.8 Å². The number of hydrogen-bond acceptors (Lipinski definition) is 4. The number of para-hydroxylation sites is 2. The number of benzene rings is 3. The van der Waals surface area contributed by atoms with Gasteiger partial charge in [0, 0.05) is 11.1 Å². The van der Waals surface area contributed by atoms with E-state index in [9.17, 15) is 9.59 Å². The molecule has 3 aromatic carbocycles. The van der Waals surface area contributed by atoms with Gasteiger partial charge in [-0.25, -0.2) is 4.98 Å². The van der Waals surface area contributed by atoms with E-state index < -0.39 is 6.04 Å². The highest BCUT2D eigenvalue weighted by molar-refractivity contribution is 6.03. The minimum absolute atomic E-state index is 0.0188. The van der Waals surface area contributed by atoms with Gasteiger partial charge < -0.3 is 14.6 Å². The standard InChI is InChI=1S/C28H27N3O3/c1-17(26(33)19-11-14-24-22(15-19)29-25(32)16-34-24)31-23-8-6-5-7-21(23)30-27(31)18-9-12-20(13-10-18)28(2,3)4/h5-15,17H,16H2,1-4H3,(H,29,32). The molecule has 0 aliphatic carbocycles. The summed E-state index contributed by atoms with van der Waals surface area (Å²) in [6.07, 6.45) is 0. The number of aromatic nitrogens is 2. The summed E-state index contributed by atoms with van der Waals surface area (Å²) in [4.78, 5) is 30.2. The normalized spacial score (nSPS) is 14.3. The van der Waals surface area contributed by atoms with Crippen LogP contribution in [0.4, 0.5) is 5.69 Å². The zero-order chi connectivity index (χ0) is 24.0. The number of ether oxygens (including phenoxy) is 1. The highest BCUT2D eigenvalue weighted by atomic mass is 16.5. The van der Waals surface area contributed by atoms with Gasteiger partial charge in [-0.15, -0.1) is 0 Å². The van der Waals surface area contributed by atoms with Gasteiger partial charge in [0.1, 0.15) is 11.6 Å². The van der Waals surface area contributed by atoms with Crippen LogP contribution in [0.25, 0.3) is 22.4 Å². The van der Waals surface area contributed by atoms with Crippen molar-refractivity contribution in [2.75, 3.05) is 11.9 Å². The van der Waals surface area contributed by atoms with E-state index >= 15 is 0 Å². The predicted molar refractivity (Wildman–Crippen MR) is 133 cm³/mol. The maximum atomic E-state index is 13.6. The lowest BCUT2D eigenvalue weighted by atomic mass is 9.86. The second-order valence-corrected chi connectivity index (χ2v) is 9.71. The number of amides is 1. The van der Waals surface area contributed by atoms with Gasteiger partial charge in [0.25, 0.3) is 5.91 Å². The lowest BCUT2D eigenvalue weighted by molar-refractivity contribution is -0.118. The van der Waals surface area contributed by atoms with Crippen molar-refractivity contribution in [2.24, 2.45) is 0 Å². The summed E-state index contributed by atoms with van der Waals surface area (Å²) >= 11 is 0. The predicted octanol–water partition coefficient (Wildman–Crippen LogP) is 5.78. The molecule has 1 aromatic heterocycles. The Morgan fingerprint density at radius 3 is 2.53 bits per heavy atom. The molecule has 0 radical (unpaired) electrons. The van der Waals surface area contributed by atoms with Crippen molar-refractivity contribution in [1.29, 1.82) is 0 Å². The molecular formula is C28H27N3O3. The fraction of sp³-hybridized carbons (Fsp3) is 0.250. The second-order valence-electron chi connectivity index (χ2n) is 9.71. The number of Topliss-reactive ketones (excluding diaryl/α,β-unsaturated/α-hetero) is 1. The van der Waals surface area contributed by atoms with E-state index in [4.69, 9.17) is 9.72 Å². The van der Waals surface area contributed by atoms with Crippen molar-refractivity contribution in [3.05, 3.63) is 77.9 Å². The molecule has 6 nitrogen and oxygen atoms in total. The van der Waals surface area contributed by atoms with Crippen LogP contribution in [0.3, 0.4) is 0 Å². The van der Waals surface area contributed by atoms with Gasteiger partial charge in [0.2, 0.25) is 0 Å². The Labute approximate surface area is 198 Å². The Kier molecular flexibility index (Phi) is 5.24. The summed E-state index contributed by atoms with van der Waals surface area (Å²) in [6, 6.07) is 20.9. The Morgan fingerprint density at radius 1 is 1.06 bits per heavy atom. The van der Waals surface area contributed by atoms with Gasteiger partial charge >= 0.3 is 0 Å². The Hall–Kier alpha value is -3.93. The first-order valence-electron chi connectivity index (χ1n) is 11.4. The highest BCUT2D eigenvalue weighted by Gasteiger charge is 2.25. The molecule has 6 heteroatoms. The summed E-state index contributed by atoms with van der Waals surface area (Å²) in [5, 5.41) is 2.78. The molecule has 5 rings (SSSR count). The maximum absolute atomic E-state index is 13.6. The Balaban J connectivity index is 1.57. The van der Waals surface area contributed by atoms with Crippen molar-refractivity contribution in [3.63, 3.8) is 0 Å². The van der Waals surface area contributed by atoms with E-state index in [0.717, 1.165) is 22.4 Å². The topological polar surface area (TPSA) is 73.2 Å². The van der Waals surface area contributed by atoms with Crippen LogP contribution < -0.4 is 10.1 Å². The first kappa shape index (κ1) is 21.9. The average Bonchev–Trinajstić information content (AvgIpc) is 3.21. The van der Waals surface area contributed by atoms with E-state index in [1.54, 1.807) is 18.2 Å². The molecule has 0 spiro atoms. The lowest BCUT2D eigenvalue weighted by Crippen LogP contribution is -2.26. The maximum Gasteiger partial charge on any atom is 0.262 e. The number of nitrogens with one attached hydrogen (secondary N) is 1. The minimum atomic E-state index is -0.511. The number of fused-ring (bicyclic) bond motifs is 2. The number of nitrogens with zero attached hydrogens (tertiary/aromatic N) is 2. The molecule has 1 amide bonds. The van der Waals surface area contributed by atoms with Crippen molar-refractivity contribution in [2.45, 2.75) is 39.2 Å². The summed E-state index contributed by atoms with van der Waals surface area (Å²) < 4.78 is 7.43. The fourth-order valence-corrected chi connectivity index (χ4v) is 4.35. The summed E-state index contributed by atoms with van der Waals surface area (Å²) in [5.41, 5.74) is 4.99. The molecule has 1 atom stereocenters. The highest BCUT2D eigenvalue weighted by Crippen LogP contribution is 2.34. The number of anilines is 1. The van der Waals surface area contributed by atoms with Crippen molar-refractivity contribution >= 4 is 28.4 Å². The molecule has 4 aromatic rings. The van der Waals surface area contributed by atoms with Gasteiger partial charge in [-0.2, -0.15) is 0 Å². The average molecular weight is 454 g/mol. The Bertz CT molecular complexity index is 1410. The first-order chi connectivity index (χ1) is 16.2. The Morgan fingerprint density at radius 2 is 1.79 bits per heavy atom. The summed E-state index contributed by atoms with van der Waals surface area (Å²) in [6.45, 7) is 8.42. The van der Waals surface area contributed by atoms with E-state index in [2.05, 4.69) is 50.4 Å². The van der Waals surface area contributed by atoms with Gasteiger partial charge in [0.05, 0.1) is 22.8 Å². The summed E-state index contributed by atoms with van der Waals surface area (Å²) in [7, 11) is 0. The van der Waals surface area contributed by atoms with Crippen LogP contribution in [0.2, 0.25) is 0 Å². The van der Waals surface area contributed by atoms with Crippen LogP contribution in [0.5, 0.6) is 5.75 Å². The van der Waals surface area contributed by atoms with Gasteiger partial charge in [-0.1, -0.05) is 57.2 Å². The number of hydrogen-bond donors (Lipinski definition) is 1. The summed E-state index contributed by atoms with van der Waals surface area (Å²) in [5.74, 6) is 1.01. The molecule has 0 saturated carbocycles. The molecule has 1 aliphatic rings.